The Balaban J connectivity index is 1.85. The molecule has 2 aromatic carbocycles. The average Bonchev–Trinajstić information content (AvgIpc) is 2.60. The molecule has 1 atom stereocenters. The Bertz CT molecular complexity index is 1030. The van der Waals surface area contributed by atoms with Gasteiger partial charge in [0.05, 0.1) is 9.79 Å². The average molecular weight is 395 g/mol. The first-order valence-corrected chi connectivity index (χ1v) is 11.5. The van der Waals surface area contributed by atoms with Crippen molar-refractivity contribution in [3.8, 4) is 0 Å². The minimum atomic E-state index is -3.84. The third-order valence-electron chi connectivity index (χ3n) is 4.65. The lowest BCUT2D eigenvalue weighted by molar-refractivity contribution is 0.566. The molecule has 0 radical (unpaired) electrons. The lowest BCUT2D eigenvalue weighted by Crippen LogP contribution is -2.27. The number of sulfonamides is 2. The van der Waals surface area contributed by atoms with Gasteiger partial charge in [0.25, 0.3) is 0 Å². The van der Waals surface area contributed by atoms with Crippen LogP contribution in [-0.2, 0) is 32.9 Å². The number of hydrogen-bond acceptors (Lipinski definition) is 4. The fourth-order valence-corrected chi connectivity index (χ4v) is 5.06. The molecule has 0 saturated carbocycles. The highest BCUT2D eigenvalue weighted by atomic mass is 32.2. The normalized spacial score (nSPS) is 16.1. The van der Waals surface area contributed by atoms with Gasteiger partial charge in [0.15, 0.2) is 0 Å². The fraction of sp³-hybridized carbons (Fsp3) is 0.333. The summed E-state index contributed by atoms with van der Waals surface area (Å²) in [6.45, 7) is 1.66. The van der Waals surface area contributed by atoms with Gasteiger partial charge in [-0.05, 0) is 73.6 Å². The Labute approximate surface area is 154 Å². The maximum atomic E-state index is 12.7. The van der Waals surface area contributed by atoms with Gasteiger partial charge in [-0.2, -0.15) is 0 Å². The van der Waals surface area contributed by atoms with Crippen LogP contribution in [0.15, 0.2) is 52.3 Å². The lowest BCUT2D eigenvalue weighted by atomic mass is 9.92. The minimum Gasteiger partial charge on any atom is -0.225 e. The van der Waals surface area contributed by atoms with Crippen LogP contribution in [0.2, 0.25) is 0 Å². The number of fused-ring (bicyclic) bond motifs is 1. The third-order valence-corrected chi connectivity index (χ3v) is 7.10. The predicted octanol–water partition coefficient (Wildman–Crippen LogP) is 2.25. The molecule has 6 nitrogen and oxygen atoms in total. The first kappa shape index (κ1) is 19.0. The summed E-state index contributed by atoms with van der Waals surface area (Å²) in [4.78, 5) is 0.183. The highest BCUT2D eigenvalue weighted by molar-refractivity contribution is 7.89. The molecule has 140 valence electrons. The van der Waals surface area contributed by atoms with Crippen molar-refractivity contribution in [2.75, 3.05) is 0 Å². The number of nitrogens with two attached hydrogens (primary N) is 1. The van der Waals surface area contributed by atoms with E-state index >= 15 is 0 Å². The quantitative estimate of drug-likeness (QED) is 0.811. The zero-order valence-electron chi connectivity index (χ0n) is 14.5. The van der Waals surface area contributed by atoms with Crippen LogP contribution in [0.3, 0.4) is 0 Å². The van der Waals surface area contributed by atoms with E-state index in [4.69, 9.17) is 5.14 Å². The molecule has 0 heterocycles. The van der Waals surface area contributed by atoms with Gasteiger partial charge in [0, 0.05) is 6.04 Å². The van der Waals surface area contributed by atoms with Crippen LogP contribution in [0.1, 0.15) is 42.5 Å². The number of primary sulfonamides is 1. The summed E-state index contributed by atoms with van der Waals surface area (Å²) in [5.41, 5.74) is 2.82. The van der Waals surface area contributed by atoms with Crippen molar-refractivity contribution in [3.05, 3.63) is 59.2 Å². The molecule has 26 heavy (non-hydrogen) atoms. The Kier molecular flexibility index (Phi) is 5.21. The van der Waals surface area contributed by atoms with Crippen LogP contribution < -0.4 is 9.86 Å². The first-order chi connectivity index (χ1) is 12.2. The van der Waals surface area contributed by atoms with Crippen LogP contribution >= 0.6 is 0 Å². The Hall–Kier alpha value is -1.74. The molecule has 0 fully saturated rings. The van der Waals surface area contributed by atoms with E-state index in [0.717, 1.165) is 31.2 Å². The van der Waals surface area contributed by atoms with Gasteiger partial charge in [-0.1, -0.05) is 18.2 Å². The van der Waals surface area contributed by atoms with Crippen molar-refractivity contribution in [3.63, 3.8) is 0 Å². The second kappa shape index (κ2) is 7.11. The monoisotopic (exact) mass is 394 g/mol. The number of benzene rings is 2. The van der Waals surface area contributed by atoms with Gasteiger partial charge in [0.1, 0.15) is 0 Å². The molecule has 0 aliphatic heterocycles. The minimum absolute atomic E-state index is 0.0465. The van der Waals surface area contributed by atoms with E-state index in [2.05, 4.69) is 4.72 Å². The summed E-state index contributed by atoms with van der Waals surface area (Å²) in [5, 5.41) is 5.14. The Morgan fingerprint density at radius 2 is 1.62 bits per heavy atom. The smallest absolute Gasteiger partial charge is 0.225 e. The topological polar surface area (TPSA) is 106 Å². The largest absolute Gasteiger partial charge is 0.241 e. The second-order valence-electron chi connectivity index (χ2n) is 6.60. The fourth-order valence-electron chi connectivity index (χ4n) is 3.21. The molecule has 0 saturated heterocycles. The van der Waals surface area contributed by atoms with E-state index in [1.165, 1.54) is 17.7 Å². The summed E-state index contributed by atoms with van der Waals surface area (Å²) in [5.74, 6) is 0. The number of rotatable bonds is 5. The highest BCUT2D eigenvalue weighted by Gasteiger charge is 2.21. The van der Waals surface area contributed by atoms with E-state index in [1.54, 1.807) is 31.2 Å². The molecule has 0 bridgehead atoms. The van der Waals surface area contributed by atoms with Gasteiger partial charge in [-0.3, -0.25) is 0 Å². The van der Waals surface area contributed by atoms with Gasteiger partial charge < -0.3 is 0 Å². The van der Waals surface area contributed by atoms with Crippen LogP contribution in [0.4, 0.5) is 0 Å². The van der Waals surface area contributed by atoms with Crippen LogP contribution in [0.25, 0.3) is 0 Å². The predicted molar refractivity (Wildman–Crippen MR) is 99.6 cm³/mol. The highest BCUT2D eigenvalue weighted by Crippen LogP contribution is 2.25. The maximum Gasteiger partial charge on any atom is 0.241 e. The summed E-state index contributed by atoms with van der Waals surface area (Å²) < 4.78 is 51.0. The third kappa shape index (κ3) is 4.15. The molecular formula is C18H22N2O4S2. The number of aryl methyl sites for hydroxylation is 2. The standard InChI is InChI=1S/C18H22N2O4S2/c1-13(15-7-4-8-17(11-15)25(19,21)22)20-26(23,24)18-10-9-14-5-2-3-6-16(14)12-18/h4,7-13,20H,2-3,5-6H2,1H3,(H2,19,21,22). The summed E-state index contributed by atoms with van der Waals surface area (Å²) in [7, 11) is -7.56. The molecule has 0 spiro atoms. The maximum absolute atomic E-state index is 12.7. The van der Waals surface area contributed by atoms with E-state index in [1.807, 2.05) is 6.07 Å². The molecule has 8 heteroatoms. The second-order valence-corrected chi connectivity index (χ2v) is 9.87. The molecule has 1 unspecified atom stereocenters. The van der Waals surface area contributed by atoms with Crippen LogP contribution in [0, 0.1) is 0 Å². The Morgan fingerprint density at radius 1 is 0.923 bits per heavy atom. The molecule has 3 rings (SSSR count). The van der Waals surface area contributed by atoms with Crippen molar-refractivity contribution < 1.29 is 16.8 Å². The SMILES string of the molecule is CC(NS(=O)(=O)c1ccc2c(c1)CCCC2)c1cccc(S(N)(=O)=O)c1. The molecule has 3 N–H and O–H groups in total. The van der Waals surface area contributed by atoms with Gasteiger partial charge in [-0.25, -0.2) is 26.7 Å². The molecule has 0 amide bonds. The van der Waals surface area contributed by atoms with Gasteiger partial charge in [0.2, 0.25) is 20.0 Å². The molecule has 1 aliphatic rings. The molecule has 1 aliphatic carbocycles. The van der Waals surface area contributed by atoms with Crippen molar-refractivity contribution in [1.29, 1.82) is 0 Å². The number of hydrogen-bond donors (Lipinski definition) is 2. The summed E-state index contributed by atoms with van der Waals surface area (Å²) in [6, 6.07) is 10.6. The lowest BCUT2D eigenvalue weighted by Gasteiger charge is -2.19. The van der Waals surface area contributed by atoms with E-state index in [0.29, 0.717) is 5.56 Å². The van der Waals surface area contributed by atoms with Crippen molar-refractivity contribution >= 4 is 20.0 Å². The number of nitrogens with one attached hydrogen (secondary N) is 1. The summed E-state index contributed by atoms with van der Waals surface area (Å²) >= 11 is 0. The summed E-state index contributed by atoms with van der Waals surface area (Å²) in [6.07, 6.45) is 4.08. The zero-order chi connectivity index (χ0) is 18.9. The van der Waals surface area contributed by atoms with Crippen LogP contribution in [0.5, 0.6) is 0 Å². The Morgan fingerprint density at radius 3 is 2.31 bits per heavy atom. The van der Waals surface area contributed by atoms with Crippen molar-refractivity contribution in [2.45, 2.75) is 48.4 Å². The first-order valence-electron chi connectivity index (χ1n) is 8.44. The van der Waals surface area contributed by atoms with Crippen molar-refractivity contribution in [2.24, 2.45) is 5.14 Å². The molecule has 2 aromatic rings. The molecule has 0 aromatic heterocycles. The van der Waals surface area contributed by atoms with E-state index in [-0.39, 0.29) is 9.79 Å². The van der Waals surface area contributed by atoms with E-state index < -0.39 is 26.1 Å². The zero-order valence-corrected chi connectivity index (χ0v) is 16.1. The van der Waals surface area contributed by atoms with Gasteiger partial charge in [-0.15, -0.1) is 0 Å². The van der Waals surface area contributed by atoms with Crippen molar-refractivity contribution in [1.82, 2.24) is 4.72 Å². The van der Waals surface area contributed by atoms with Crippen LogP contribution in [-0.4, -0.2) is 16.8 Å². The molecular weight excluding hydrogens is 372 g/mol. The van der Waals surface area contributed by atoms with Gasteiger partial charge >= 0.3 is 0 Å². The van der Waals surface area contributed by atoms with E-state index in [9.17, 15) is 16.8 Å².